The van der Waals surface area contributed by atoms with E-state index in [2.05, 4.69) is 62.4 Å². The highest BCUT2D eigenvalue weighted by molar-refractivity contribution is 7.97. The van der Waals surface area contributed by atoms with Crippen LogP contribution in [0.15, 0.2) is 48.5 Å². The first-order valence-corrected chi connectivity index (χ1v) is 10.3. The molecule has 0 atom stereocenters. The number of benzene rings is 2. The quantitative estimate of drug-likeness (QED) is 0.552. The molecule has 22 heavy (non-hydrogen) atoms. The largest absolute Gasteiger partial charge is 0.169 e. The van der Waals surface area contributed by atoms with E-state index in [1.807, 2.05) is 0 Å². The normalized spacial score (nSPS) is 13.4. The fraction of sp³-hybridized carbons (Fsp3) is 0.429. The summed E-state index contributed by atoms with van der Waals surface area (Å²) < 4.78 is 0. The van der Waals surface area contributed by atoms with Crippen molar-refractivity contribution < 1.29 is 0 Å². The van der Waals surface area contributed by atoms with Gasteiger partial charge < -0.3 is 0 Å². The third-order valence-electron chi connectivity index (χ3n) is 4.63. The van der Waals surface area contributed by atoms with Gasteiger partial charge in [0.25, 0.3) is 0 Å². The van der Waals surface area contributed by atoms with Crippen LogP contribution in [0.25, 0.3) is 11.1 Å². The van der Waals surface area contributed by atoms with Gasteiger partial charge in [-0.1, -0.05) is 75.2 Å². The predicted octanol–water partition coefficient (Wildman–Crippen LogP) is 5.97. The zero-order valence-corrected chi connectivity index (χ0v) is 14.7. The first-order chi connectivity index (χ1) is 10.9. The fourth-order valence-corrected chi connectivity index (χ4v) is 6.59. The van der Waals surface area contributed by atoms with Crippen molar-refractivity contribution in [2.75, 3.05) is 11.5 Å². The highest BCUT2D eigenvalue weighted by Gasteiger charge is 2.40. The van der Waals surface area contributed by atoms with Gasteiger partial charge in [0.2, 0.25) is 0 Å². The van der Waals surface area contributed by atoms with Gasteiger partial charge in [0, 0.05) is 11.1 Å². The van der Waals surface area contributed by atoms with Crippen LogP contribution in [0.2, 0.25) is 0 Å². The van der Waals surface area contributed by atoms with Crippen LogP contribution in [-0.4, -0.2) is 11.5 Å². The van der Waals surface area contributed by atoms with E-state index in [0.29, 0.717) is 16.1 Å². The summed E-state index contributed by atoms with van der Waals surface area (Å²) in [6.07, 6.45) is 5.36. The second kappa shape index (κ2) is 7.37. The molecule has 0 saturated heterocycles. The Hall–Kier alpha value is -1.21. The highest BCUT2D eigenvalue weighted by Crippen LogP contribution is 2.48. The topological polar surface area (TPSA) is 0 Å². The Balaban J connectivity index is 1.99. The molecule has 0 N–H and O–H groups in total. The Kier molecular flexibility index (Phi) is 5.25. The number of rotatable bonds is 7. The molecular formula is C21H27S+. The average Bonchev–Trinajstić information content (AvgIpc) is 2.90. The van der Waals surface area contributed by atoms with Crippen molar-refractivity contribution in [3.05, 3.63) is 59.7 Å². The van der Waals surface area contributed by atoms with Gasteiger partial charge in [0.15, 0.2) is 5.25 Å². The van der Waals surface area contributed by atoms with Crippen molar-refractivity contribution >= 4 is 10.9 Å². The van der Waals surface area contributed by atoms with E-state index in [1.54, 1.807) is 11.1 Å². The zero-order chi connectivity index (χ0) is 15.4. The maximum Gasteiger partial charge on any atom is 0.169 e. The van der Waals surface area contributed by atoms with Gasteiger partial charge >= 0.3 is 0 Å². The van der Waals surface area contributed by atoms with E-state index in [0.717, 1.165) is 0 Å². The van der Waals surface area contributed by atoms with Crippen LogP contribution >= 0.6 is 0 Å². The molecule has 0 aromatic heterocycles. The molecule has 0 radical (unpaired) electrons. The van der Waals surface area contributed by atoms with Gasteiger partial charge in [-0.25, -0.2) is 0 Å². The van der Waals surface area contributed by atoms with Gasteiger partial charge in [-0.2, -0.15) is 0 Å². The fourth-order valence-electron chi connectivity index (χ4n) is 3.47. The first kappa shape index (κ1) is 15.7. The minimum absolute atomic E-state index is 0.478. The van der Waals surface area contributed by atoms with Gasteiger partial charge in [-0.15, -0.1) is 0 Å². The molecule has 0 aliphatic heterocycles. The summed E-state index contributed by atoms with van der Waals surface area (Å²) in [6, 6.07) is 18.2. The maximum atomic E-state index is 2.37. The third kappa shape index (κ3) is 2.96. The molecule has 2 aromatic carbocycles. The van der Waals surface area contributed by atoms with Gasteiger partial charge in [0.05, 0.1) is 0 Å². The summed E-state index contributed by atoms with van der Waals surface area (Å²) in [7, 11) is 0.478. The van der Waals surface area contributed by atoms with E-state index in [9.17, 15) is 0 Å². The van der Waals surface area contributed by atoms with Crippen molar-refractivity contribution in [2.45, 2.75) is 44.8 Å². The predicted molar refractivity (Wildman–Crippen MR) is 101 cm³/mol. The summed E-state index contributed by atoms with van der Waals surface area (Å²) in [4.78, 5) is 0. The molecule has 0 bridgehead atoms. The summed E-state index contributed by atoms with van der Waals surface area (Å²) in [5, 5.41) is 0.644. The van der Waals surface area contributed by atoms with Crippen molar-refractivity contribution in [3.8, 4) is 11.1 Å². The second-order valence-corrected chi connectivity index (χ2v) is 8.57. The standard InChI is InChI=1S/C21H27S/c1-3-5-15-22(16-6-4-2)21-19-13-9-7-11-17(19)18-12-8-10-14-20(18)21/h7-14,21H,3-6,15-16H2,1-2H3/q+1. The SMILES string of the molecule is CCCC[S+](CCCC)C1c2ccccc2-c2ccccc21. The molecule has 1 heteroatoms. The Morgan fingerprint density at radius 1 is 0.727 bits per heavy atom. The number of unbranched alkanes of at least 4 members (excludes halogenated alkanes) is 2. The molecule has 3 rings (SSSR count). The molecule has 0 heterocycles. The lowest BCUT2D eigenvalue weighted by atomic mass is 10.1. The van der Waals surface area contributed by atoms with Crippen LogP contribution < -0.4 is 0 Å². The Morgan fingerprint density at radius 3 is 1.64 bits per heavy atom. The summed E-state index contributed by atoms with van der Waals surface area (Å²) in [6.45, 7) is 4.63. The average molecular weight is 312 g/mol. The van der Waals surface area contributed by atoms with E-state index >= 15 is 0 Å². The van der Waals surface area contributed by atoms with Crippen LogP contribution in [0.5, 0.6) is 0 Å². The van der Waals surface area contributed by atoms with Crippen LogP contribution in [0.4, 0.5) is 0 Å². The summed E-state index contributed by atoms with van der Waals surface area (Å²) >= 11 is 0. The van der Waals surface area contributed by atoms with E-state index in [1.165, 1.54) is 48.3 Å². The van der Waals surface area contributed by atoms with Crippen LogP contribution in [0.3, 0.4) is 0 Å². The van der Waals surface area contributed by atoms with Crippen LogP contribution in [0, 0.1) is 0 Å². The molecule has 0 spiro atoms. The van der Waals surface area contributed by atoms with Crippen molar-refractivity contribution in [1.82, 2.24) is 0 Å². The molecule has 0 saturated carbocycles. The molecule has 2 aromatic rings. The number of hydrogen-bond donors (Lipinski definition) is 0. The zero-order valence-electron chi connectivity index (χ0n) is 13.8. The lowest BCUT2D eigenvalue weighted by Crippen LogP contribution is -2.20. The van der Waals surface area contributed by atoms with Gasteiger partial charge in [-0.05, 0) is 34.9 Å². The molecule has 0 fully saturated rings. The lowest BCUT2D eigenvalue weighted by molar-refractivity contribution is 0.866. The molecule has 116 valence electrons. The molecule has 0 unspecified atom stereocenters. The highest BCUT2D eigenvalue weighted by atomic mass is 32.2. The molecule has 1 aliphatic carbocycles. The maximum absolute atomic E-state index is 2.37. The number of hydrogen-bond acceptors (Lipinski definition) is 0. The minimum atomic E-state index is 0.478. The Labute approximate surface area is 138 Å². The summed E-state index contributed by atoms with van der Waals surface area (Å²) in [5.41, 5.74) is 6.13. The van der Waals surface area contributed by atoms with Crippen LogP contribution in [0.1, 0.15) is 55.9 Å². The lowest BCUT2D eigenvalue weighted by Gasteiger charge is -2.17. The van der Waals surface area contributed by atoms with E-state index in [-0.39, 0.29) is 0 Å². The van der Waals surface area contributed by atoms with E-state index in [4.69, 9.17) is 0 Å². The Morgan fingerprint density at radius 2 is 1.18 bits per heavy atom. The molecule has 0 nitrogen and oxygen atoms in total. The molecule has 1 aliphatic rings. The second-order valence-electron chi connectivity index (χ2n) is 6.21. The van der Waals surface area contributed by atoms with Gasteiger partial charge in [-0.3, -0.25) is 0 Å². The minimum Gasteiger partial charge on any atom is -0.0652 e. The monoisotopic (exact) mass is 311 g/mol. The van der Waals surface area contributed by atoms with Crippen molar-refractivity contribution in [2.24, 2.45) is 0 Å². The van der Waals surface area contributed by atoms with E-state index < -0.39 is 0 Å². The molecule has 0 amide bonds. The van der Waals surface area contributed by atoms with Crippen molar-refractivity contribution in [3.63, 3.8) is 0 Å². The molecular weight excluding hydrogens is 284 g/mol. The van der Waals surface area contributed by atoms with Crippen molar-refractivity contribution in [1.29, 1.82) is 0 Å². The Bertz CT molecular complexity index is 563. The third-order valence-corrected chi connectivity index (χ3v) is 7.43. The number of fused-ring (bicyclic) bond motifs is 3. The van der Waals surface area contributed by atoms with Crippen LogP contribution in [-0.2, 0) is 10.9 Å². The summed E-state index contributed by atoms with van der Waals surface area (Å²) in [5.74, 6) is 2.79. The first-order valence-electron chi connectivity index (χ1n) is 8.71. The smallest absolute Gasteiger partial charge is 0.0652 e. The van der Waals surface area contributed by atoms with Gasteiger partial charge in [0.1, 0.15) is 11.5 Å².